The molecule has 2 N–H and O–H groups in total. The highest BCUT2D eigenvalue weighted by molar-refractivity contribution is 4.71. The summed E-state index contributed by atoms with van der Waals surface area (Å²) in [6.07, 6.45) is 4.09. The average Bonchev–Trinajstić information content (AvgIpc) is 2.19. The number of nitrogens with two attached hydrogens (primary N) is 1. The summed E-state index contributed by atoms with van der Waals surface area (Å²) >= 11 is 0. The smallest absolute Gasteiger partial charge is 0.0701 e. The lowest BCUT2D eigenvalue weighted by Gasteiger charge is -2.28. The normalized spacial score (nSPS) is 24.4. The molecular weight excluding hydrogens is 192 g/mol. The lowest BCUT2D eigenvalue weighted by atomic mass is 10.1. The van der Waals surface area contributed by atoms with E-state index < -0.39 is 0 Å². The third-order valence-corrected chi connectivity index (χ3v) is 2.72. The van der Waals surface area contributed by atoms with Crippen LogP contribution in [0.15, 0.2) is 0 Å². The first-order valence-electron chi connectivity index (χ1n) is 5.77. The van der Waals surface area contributed by atoms with Crippen LogP contribution in [0, 0.1) is 0 Å². The summed E-state index contributed by atoms with van der Waals surface area (Å²) in [5.74, 6) is 0. The molecule has 1 fully saturated rings. The Labute approximate surface area is 92.7 Å². The van der Waals surface area contributed by atoms with Gasteiger partial charge in [0.15, 0.2) is 0 Å². The Balaban J connectivity index is 2.13. The molecule has 0 saturated carbocycles. The molecule has 0 radical (unpaired) electrons. The maximum absolute atomic E-state index is 5.88. The van der Waals surface area contributed by atoms with Crippen molar-refractivity contribution in [2.75, 3.05) is 40.5 Å². The molecule has 1 aliphatic heterocycles. The summed E-state index contributed by atoms with van der Waals surface area (Å²) in [6, 6.07) is 0.101. The van der Waals surface area contributed by atoms with Gasteiger partial charge >= 0.3 is 0 Å². The van der Waals surface area contributed by atoms with E-state index in [4.69, 9.17) is 15.2 Å². The van der Waals surface area contributed by atoms with E-state index in [9.17, 15) is 0 Å². The zero-order valence-electron chi connectivity index (χ0n) is 9.95. The molecule has 2 unspecified atom stereocenters. The minimum Gasteiger partial charge on any atom is -0.383 e. The van der Waals surface area contributed by atoms with Crippen molar-refractivity contribution in [1.29, 1.82) is 0 Å². The molecule has 0 bridgehead atoms. The number of likely N-dealkylation sites (N-methyl/N-ethyl adjacent to an activating group) is 1. The minimum atomic E-state index is 0.101. The van der Waals surface area contributed by atoms with Crippen LogP contribution in [0.3, 0.4) is 0 Å². The van der Waals surface area contributed by atoms with Crippen molar-refractivity contribution in [2.24, 2.45) is 5.73 Å². The van der Waals surface area contributed by atoms with Gasteiger partial charge in [0.2, 0.25) is 0 Å². The average molecular weight is 216 g/mol. The van der Waals surface area contributed by atoms with E-state index in [0.717, 1.165) is 19.7 Å². The molecule has 1 saturated heterocycles. The van der Waals surface area contributed by atoms with E-state index in [1.165, 1.54) is 19.3 Å². The van der Waals surface area contributed by atoms with E-state index in [1.807, 2.05) is 0 Å². The van der Waals surface area contributed by atoms with Crippen LogP contribution in [0.4, 0.5) is 0 Å². The topological polar surface area (TPSA) is 47.7 Å². The van der Waals surface area contributed by atoms with Crippen molar-refractivity contribution >= 4 is 0 Å². The summed E-state index contributed by atoms with van der Waals surface area (Å²) in [5.41, 5.74) is 5.88. The van der Waals surface area contributed by atoms with Crippen molar-refractivity contribution in [3.05, 3.63) is 0 Å². The number of ether oxygens (including phenoxy) is 2. The summed E-state index contributed by atoms with van der Waals surface area (Å²) in [4.78, 5) is 2.24. The molecule has 0 amide bonds. The van der Waals surface area contributed by atoms with Gasteiger partial charge in [-0.15, -0.1) is 0 Å². The van der Waals surface area contributed by atoms with Crippen molar-refractivity contribution in [2.45, 2.75) is 31.4 Å². The lowest BCUT2D eigenvalue weighted by Crippen LogP contribution is -2.42. The molecule has 0 aromatic rings. The van der Waals surface area contributed by atoms with Gasteiger partial charge in [-0.2, -0.15) is 0 Å². The third kappa shape index (κ3) is 5.47. The van der Waals surface area contributed by atoms with Gasteiger partial charge in [0.25, 0.3) is 0 Å². The molecule has 1 aliphatic rings. The van der Waals surface area contributed by atoms with Gasteiger partial charge < -0.3 is 20.1 Å². The summed E-state index contributed by atoms with van der Waals surface area (Å²) in [7, 11) is 3.78. The van der Waals surface area contributed by atoms with Gasteiger partial charge in [0.1, 0.15) is 0 Å². The summed E-state index contributed by atoms with van der Waals surface area (Å²) in [5, 5.41) is 0. The van der Waals surface area contributed by atoms with Crippen LogP contribution in [-0.4, -0.2) is 57.5 Å². The maximum atomic E-state index is 5.88. The number of nitrogens with zero attached hydrogens (tertiary/aromatic N) is 1. The quantitative estimate of drug-likeness (QED) is 0.701. The minimum absolute atomic E-state index is 0.101. The van der Waals surface area contributed by atoms with Gasteiger partial charge in [-0.25, -0.2) is 0 Å². The molecule has 90 valence electrons. The van der Waals surface area contributed by atoms with Gasteiger partial charge in [-0.1, -0.05) is 0 Å². The second kappa shape index (κ2) is 7.17. The SMILES string of the molecule is COCC(N)CN(C)CC1CCCCO1. The molecule has 15 heavy (non-hydrogen) atoms. The Morgan fingerprint density at radius 2 is 2.33 bits per heavy atom. The molecule has 4 nitrogen and oxygen atoms in total. The van der Waals surface area contributed by atoms with Crippen LogP contribution in [0.1, 0.15) is 19.3 Å². The Kier molecular flexibility index (Phi) is 6.17. The third-order valence-electron chi connectivity index (χ3n) is 2.72. The van der Waals surface area contributed by atoms with Gasteiger partial charge in [0.05, 0.1) is 12.7 Å². The van der Waals surface area contributed by atoms with Gasteiger partial charge in [-0.3, -0.25) is 0 Å². The largest absolute Gasteiger partial charge is 0.383 e. The highest BCUT2D eigenvalue weighted by Crippen LogP contribution is 2.13. The zero-order chi connectivity index (χ0) is 11.1. The predicted octanol–water partition coefficient (Wildman–Crippen LogP) is 0.461. The van der Waals surface area contributed by atoms with Gasteiger partial charge in [-0.05, 0) is 26.3 Å². The fourth-order valence-electron chi connectivity index (χ4n) is 2.04. The first-order chi connectivity index (χ1) is 7.22. The standard InChI is InChI=1S/C11H24N2O2/c1-13(7-10(12)9-14-2)8-11-5-3-4-6-15-11/h10-11H,3-9,12H2,1-2H3. The molecule has 0 aromatic heterocycles. The maximum Gasteiger partial charge on any atom is 0.0701 e. The predicted molar refractivity (Wildman–Crippen MR) is 60.9 cm³/mol. The Morgan fingerprint density at radius 1 is 1.53 bits per heavy atom. The van der Waals surface area contributed by atoms with E-state index in [-0.39, 0.29) is 6.04 Å². The van der Waals surface area contributed by atoms with Crippen molar-refractivity contribution in [3.8, 4) is 0 Å². The first kappa shape index (κ1) is 12.9. The van der Waals surface area contributed by atoms with E-state index >= 15 is 0 Å². The summed E-state index contributed by atoms with van der Waals surface area (Å²) in [6.45, 7) is 3.39. The summed E-state index contributed by atoms with van der Waals surface area (Å²) < 4.78 is 10.7. The lowest BCUT2D eigenvalue weighted by molar-refractivity contribution is -0.00317. The van der Waals surface area contributed by atoms with Crippen molar-refractivity contribution in [1.82, 2.24) is 4.90 Å². The Hall–Kier alpha value is -0.160. The molecular formula is C11H24N2O2. The molecule has 0 aromatic carbocycles. The van der Waals surface area contributed by atoms with Crippen LogP contribution in [0.25, 0.3) is 0 Å². The second-order valence-corrected chi connectivity index (χ2v) is 4.43. The number of methoxy groups -OCH3 is 1. The molecule has 0 aliphatic carbocycles. The van der Waals surface area contributed by atoms with Crippen molar-refractivity contribution < 1.29 is 9.47 Å². The highest BCUT2D eigenvalue weighted by Gasteiger charge is 2.16. The monoisotopic (exact) mass is 216 g/mol. The zero-order valence-corrected chi connectivity index (χ0v) is 9.95. The fraction of sp³-hybridized carbons (Fsp3) is 1.00. The van der Waals surface area contributed by atoms with Crippen LogP contribution < -0.4 is 5.73 Å². The molecule has 2 atom stereocenters. The van der Waals surface area contributed by atoms with Gasteiger partial charge in [0, 0.05) is 32.8 Å². The van der Waals surface area contributed by atoms with E-state index in [2.05, 4.69) is 11.9 Å². The van der Waals surface area contributed by atoms with Crippen LogP contribution in [-0.2, 0) is 9.47 Å². The van der Waals surface area contributed by atoms with E-state index in [1.54, 1.807) is 7.11 Å². The number of hydrogen-bond acceptors (Lipinski definition) is 4. The van der Waals surface area contributed by atoms with Crippen LogP contribution in [0.5, 0.6) is 0 Å². The highest BCUT2D eigenvalue weighted by atomic mass is 16.5. The number of rotatable bonds is 6. The number of hydrogen-bond donors (Lipinski definition) is 1. The Morgan fingerprint density at radius 3 is 2.93 bits per heavy atom. The first-order valence-corrected chi connectivity index (χ1v) is 5.77. The molecule has 4 heteroatoms. The van der Waals surface area contributed by atoms with Crippen molar-refractivity contribution in [3.63, 3.8) is 0 Å². The molecule has 1 heterocycles. The fourth-order valence-corrected chi connectivity index (χ4v) is 2.04. The van der Waals surface area contributed by atoms with Crippen LogP contribution in [0.2, 0.25) is 0 Å². The van der Waals surface area contributed by atoms with E-state index in [0.29, 0.717) is 12.7 Å². The molecule has 0 spiro atoms. The van der Waals surface area contributed by atoms with Crippen LogP contribution >= 0.6 is 0 Å². The Bertz CT molecular complexity index is 161. The molecule has 1 rings (SSSR count). The second-order valence-electron chi connectivity index (χ2n) is 4.43.